The number of carbonyl (C=O) groups excluding carboxylic acids is 1. The number of anilines is 4. The average Bonchev–Trinajstić information content (AvgIpc) is 3.03. The lowest BCUT2D eigenvalue weighted by Gasteiger charge is -2.29. The number of nitrogens with one attached hydrogen (secondary N) is 1. The van der Waals surface area contributed by atoms with Gasteiger partial charge in [-0.3, -0.25) is 0 Å². The van der Waals surface area contributed by atoms with Gasteiger partial charge in [-0.2, -0.15) is 4.98 Å². The fourth-order valence-electron chi connectivity index (χ4n) is 5.48. The first-order chi connectivity index (χ1) is 21.3. The highest BCUT2D eigenvalue weighted by molar-refractivity contribution is 5.97. The summed E-state index contributed by atoms with van der Waals surface area (Å²) in [6, 6.07) is 14.6. The SMILES string of the molecule is COc1ccc(N(C(=O)OC(C(C)C)C(C)C)c2ccnc(Nc3cccc(OCCCN4CCCCC4)c3)n2)c(OC)c1. The number of nitrogens with zero attached hydrogens (tertiary/aromatic N) is 4. The first kappa shape index (κ1) is 32.9. The summed E-state index contributed by atoms with van der Waals surface area (Å²) in [6.07, 6.45) is 5.65. The molecule has 1 saturated heterocycles. The van der Waals surface area contributed by atoms with Gasteiger partial charge in [0.05, 0.1) is 26.5 Å². The molecule has 2 heterocycles. The molecule has 1 aliphatic rings. The average molecular weight is 606 g/mol. The van der Waals surface area contributed by atoms with Crippen LogP contribution < -0.4 is 24.4 Å². The maximum atomic E-state index is 13.8. The highest BCUT2D eigenvalue weighted by atomic mass is 16.6. The van der Waals surface area contributed by atoms with Crippen molar-refractivity contribution < 1.29 is 23.7 Å². The van der Waals surface area contributed by atoms with Crippen LogP contribution in [-0.4, -0.2) is 67.5 Å². The fraction of sp³-hybridized carbons (Fsp3) is 0.500. The van der Waals surface area contributed by atoms with Crippen LogP contribution in [0.5, 0.6) is 17.2 Å². The summed E-state index contributed by atoms with van der Waals surface area (Å²) in [5.74, 6) is 2.70. The third-order valence-electron chi connectivity index (χ3n) is 7.66. The molecular formula is C34H47N5O5. The van der Waals surface area contributed by atoms with E-state index in [2.05, 4.69) is 15.2 Å². The number of piperidine rings is 1. The lowest BCUT2D eigenvalue weighted by Crippen LogP contribution is -2.36. The summed E-state index contributed by atoms with van der Waals surface area (Å²) in [5, 5.41) is 3.26. The molecule has 0 radical (unpaired) electrons. The first-order valence-electron chi connectivity index (χ1n) is 15.6. The predicted octanol–water partition coefficient (Wildman–Crippen LogP) is 7.45. The van der Waals surface area contributed by atoms with E-state index in [-0.39, 0.29) is 17.9 Å². The Morgan fingerprint density at radius 3 is 2.43 bits per heavy atom. The first-order valence-corrected chi connectivity index (χ1v) is 15.6. The van der Waals surface area contributed by atoms with Crippen LogP contribution in [0.15, 0.2) is 54.7 Å². The van der Waals surface area contributed by atoms with Gasteiger partial charge in [-0.25, -0.2) is 14.7 Å². The molecule has 0 bridgehead atoms. The van der Waals surface area contributed by atoms with Crippen molar-refractivity contribution in [2.45, 2.75) is 59.5 Å². The molecule has 1 aromatic heterocycles. The molecule has 238 valence electrons. The molecular weight excluding hydrogens is 558 g/mol. The second kappa shape index (κ2) is 16.1. The molecule has 2 aromatic carbocycles. The molecule has 44 heavy (non-hydrogen) atoms. The Kier molecular flexibility index (Phi) is 12.1. The van der Waals surface area contributed by atoms with Crippen LogP contribution >= 0.6 is 0 Å². The van der Waals surface area contributed by atoms with E-state index in [0.29, 0.717) is 35.6 Å². The van der Waals surface area contributed by atoms with Crippen molar-refractivity contribution in [3.8, 4) is 17.2 Å². The van der Waals surface area contributed by atoms with E-state index in [1.54, 1.807) is 44.7 Å². The van der Waals surface area contributed by atoms with Crippen LogP contribution in [0.4, 0.5) is 27.9 Å². The van der Waals surface area contributed by atoms with Gasteiger partial charge in [0.25, 0.3) is 0 Å². The zero-order chi connectivity index (χ0) is 31.5. The normalized spacial score (nSPS) is 13.7. The molecule has 10 heteroatoms. The molecule has 0 unspecified atom stereocenters. The minimum absolute atomic E-state index is 0.125. The third kappa shape index (κ3) is 8.98. The molecule has 1 fully saturated rings. The number of carbonyl (C=O) groups is 1. The second-order valence-electron chi connectivity index (χ2n) is 11.7. The van der Waals surface area contributed by atoms with Gasteiger partial charge in [-0.1, -0.05) is 40.2 Å². The monoisotopic (exact) mass is 605 g/mol. The van der Waals surface area contributed by atoms with E-state index >= 15 is 0 Å². The van der Waals surface area contributed by atoms with Gasteiger partial charge in [0, 0.05) is 36.6 Å². The molecule has 4 rings (SSSR count). The summed E-state index contributed by atoms with van der Waals surface area (Å²) in [7, 11) is 3.12. The number of likely N-dealkylation sites (tertiary alicyclic amines) is 1. The van der Waals surface area contributed by atoms with E-state index in [0.717, 1.165) is 24.4 Å². The number of benzene rings is 2. The Hall–Kier alpha value is -4.05. The quantitative estimate of drug-likeness (QED) is 0.188. The van der Waals surface area contributed by atoms with Gasteiger partial charge in [0.1, 0.15) is 29.2 Å². The summed E-state index contributed by atoms with van der Waals surface area (Å²) >= 11 is 0. The zero-order valence-electron chi connectivity index (χ0n) is 26.9. The highest BCUT2D eigenvalue weighted by Crippen LogP contribution is 2.37. The van der Waals surface area contributed by atoms with E-state index in [9.17, 15) is 4.79 Å². The molecule has 10 nitrogen and oxygen atoms in total. The Labute approximate surface area is 261 Å². The van der Waals surface area contributed by atoms with Crippen molar-refractivity contribution in [3.63, 3.8) is 0 Å². The van der Waals surface area contributed by atoms with Gasteiger partial charge in [-0.15, -0.1) is 0 Å². The number of hydrogen-bond donors (Lipinski definition) is 1. The van der Waals surface area contributed by atoms with Gasteiger partial charge < -0.3 is 29.2 Å². The van der Waals surface area contributed by atoms with E-state index < -0.39 is 6.09 Å². The van der Waals surface area contributed by atoms with E-state index in [4.69, 9.17) is 23.9 Å². The highest BCUT2D eigenvalue weighted by Gasteiger charge is 2.30. The molecule has 3 aromatic rings. The topological polar surface area (TPSA) is 98.3 Å². The molecule has 0 saturated carbocycles. The standard InChI is InChI=1S/C34H47N5O5/c1-24(2)32(25(3)4)44-34(40)39(29-15-14-27(41-5)23-30(29)42-6)31-16-17-35-33(37-31)36-26-12-10-13-28(22-26)43-21-11-20-38-18-8-7-9-19-38/h10,12-17,22-25,32H,7-9,11,18-21H2,1-6H3,(H,35,36,37). The number of hydrogen-bond acceptors (Lipinski definition) is 9. The minimum atomic E-state index is -0.564. The number of rotatable bonds is 14. The van der Waals surface area contributed by atoms with Crippen LogP contribution in [0, 0.1) is 11.8 Å². The number of ether oxygens (including phenoxy) is 4. The van der Waals surface area contributed by atoms with Crippen molar-refractivity contribution in [3.05, 3.63) is 54.7 Å². The summed E-state index contributed by atoms with van der Waals surface area (Å²) in [5.41, 5.74) is 1.24. The minimum Gasteiger partial charge on any atom is -0.497 e. The van der Waals surface area contributed by atoms with Crippen LogP contribution in [0.3, 0.4) is 0 Å². The summed E-state index contributed by atoms with van der Waals surface area (Å²) in [6.45, 7) is 12.2. The second-order valence-corrected chi connectivity index (χ2v) is 11.7. The van der Waals surface area contributed by atoms with Crippen molar-refractivity contribution in [1.29, 1.82) is 0 Å². The van der Waals surface area contributed by atoms with Crippen LogP contribution in [0.25, 0.3) is 0 Å². The lowest BCUT2D eigenvalue weighted by molar-refractivity contribution is 0.0484. The zero-order valence-corrected chi connectivity index (χ0v) is 26.9. The van der Waals surface area contributed by atoms with Crippen molar-refractivity contribution in [2.75, 3.05) is 50.7 Å². The molecule has 0 spiro atoms. The molecule has 0 aliphatic carbocycles. The maximum Gasteiger partial charge on any atom is 0.420 e. The lowest BCUT2D eigenvalue weighted by atomic mass is 9.96. The number of methoxy groups -OCH3 is 2. The summed E-state index contributed by atoms with van der Waals surface area (Å²) < 4.78 is 23.1. The Bertz CT molecular complexity index is 1340. The van der Waals surface area contributed by atoms with E-state index in [1.807, 2.05) is 52.0 Å². The number of amides is 1. The van der Waals surface area contributed by atoms with Crippen molar-refractivity contribution >= 4 is 29.2 Å². The van der Waals surface area contributed by atoms with Crippen molar-refractivity contribution in [2.24, 2.45) is 11.8 Å². The molecule has 1 aliphatic heterocycles. The van der Waals surface area contributed by atoms with Crippen LogP contribution in [0.1, 0.15) is 53.4 Å². The van der Waals surface area contributed by atoms with E-state index in [1.165, 1.54) is 37.3 Å². The maximum absolute atomic E-state index is 13.8. The third-order valence-corrected chi connectivity index (χ3v) is 7.66. The van der Waals surface area contributed by atoms with Gasteiger partial charge in [-0.05, 0) is 68.5 Å². The Balaban J connectivity index is 1.53. The Morgan fingerprint density at radius 1 is 0.955 bits per heavy atom. The number of aromatic nitrogens is 2. The van der Waals surface area contributed by atoms with Gasteiger partial charge >= 0.3 is 6.09 Å². The fourth-order valence-corrected chi connectivity index (χ4v) is 5.48. The predicted molar refractivity (Wildman–Crippen MR) is 174 cm³/mol. The van der Waals surface area contributed by atoms with Crippen molar-refractivity contribution in [1.82, 2.24) is 14.9 Å². The largest absolute Gasteiger partial charge is 0.497 e. The summed E-state index contributed by atoms with van der Waals surface area (Å²) in [4.78, 5) is 26.9. The smallest absolute Gasteiger partial charge is 0.420 e. The molecule has 0 atom stereocenters. The molecule has 1 amide bonds. The molecule has 1 N–H and O–H groups in total. The van der Waals surface area contributed by atoms with Crippen LogP contribution in [0.2, 0.25) is 0 Å². The van der Waals surface area contributed by atoms with Crippen LogP contribution in [-0.2, 0) is 4.74 Å². The van der Waals surface area contributed by atoms with Gasteiger partial charge in [0.15, 0.2) is 0 Å². The van der Waals surface area contributed by atoms with Gasteiger partial charge in [0.2, 0.25) is 5.95 Å². The Morgan fingerprint density at radius 2 is 1.73 bits per heavy atom.